The molecular formula is C32H36Cl2N2O2. The average molecular weight is 552 g/mol. The Kier molecular flexibility index (Phi) is 9.87. The highest BCUT2D eigenvalue weighted by atomic mass is 35.5. The summed E-state index contributed by atoms with van der Waals surface area (Å²) in [6.07, 6.45) is 6.01. The van der Waals surface area contributed by atoms with Gasteiger partial charge in [0.25, 0.3) is 0 Å². The molecule has 1 N–H and O–H groups in total. The Bertz CT molecular complexity index is 1240. The van der Waals surface area contributed by atoms with E-state index in [0.717, 1.165) is 53.5 Å². The summed E-state index contributed by atoms with van der Waals surface area (Å²) in [5.74, 6) is -0.222. The van der Waals surface area contributed by atoms with Gasteiger partial charge in [-0.25, -0.2) is 0 Å². The summed E-state index contributed by atoms with van der Waals surface area (Å²) in [5, 5.41) is 4.29. The number of benzene rings is 3. The first-order chi connectivity index (χ1) is 18.3. The van der Waals surface area contributed by atoms with E-state index in [1.165, 1.54) is 6.42 Å². The number of nitrogens with one attached hydrogen (secondary N) is 1. The molecule has 2 amide bonds. The van der Waals surface area contributed by atoms with Crippen molar-refractivity contribution in [3.63, 3.8) is 0 Å². The average Bonchev–Trinajstić information content (AvgIpc) is 2.87. The topological polar surface area (TPSA) is 49.4 Å². The summed E-state index contributed by atoms with van der Waals surface area (Å²) in [5.41, 5.74) is 4.91. The molecule has 4 nitrogen and oxygen atoms in total. The van der Waals surface area contributed by atoms with E-state index >= 15 is 0 Å². The van der Waals surface area contributed by atoms with E-state index in [1.807, 2.05) is 62.4 Å². The predicted octanol–water partition coefficient (Wildman–Crippen LogP) is 7.24. The van der Waals surface area contributed by atoms with Crippen LogP contribution in [0.2, 0.25) is 10.0 Å². The van der Waals surface area contributed by atoms with Gasteiger partial charge in [0.2, 0.25) is 11.8 Å². The Hall–Kier alpha value is -2.82. The van der Waals surface area contributed by atoms with Gasteiger partial charge in [0.15, 0.2) is 0 Å². The molecule has 0 aliphatic heterocycles. The fourth-order valence-corrected chi connectivity index (χ4v) is 5.85. The van der Waals surface area contributed by atoms with Gasteiger partial charge in [0.05, 0.1) is 6.42 Å². The van der Waals surface area contributed by atoms with E-state index in [1.54, 1.807) is 17.0 Å². The number of nitrogens with zero attached hydrogens (tertiary/aromatic N) is 1. The van der Waals surface area contributed by atoms with Crippen molar-refractivity contribution in [1.82, 2.24) is 10.2 Å². The van der Waals surface area contributed by atoms with E-state index in [0.29, 0.717) is 16.5 Å². The lowest BCUT2D eigenvalue weighted by atomic mass is 9.94. The molecule has 0 aromatic heterocycles. The molecular weight excluding hydrogens is 515 g/mol. The van der Waals surface area contributed by atoms with Crippen molar-refractivity contribution in [3.8, 4) is 0 Å². The van der Waals surface area contributed by atoms with Crippen LogP contribution in [-0.2, 0) is 29.0 Å². The maximum absolute atomic E-state index is 14.0. The van der Waals surface area contributed by atoms with Crippen LogP contribution in [0.25, 0.3) is 0 Å². The fraction of sp³-hybridized carbons (Fsp3) is 0.375. The molecule has 6 heteroatoms. The van der Waals surface area contributed by atoms with Crippen LogP contribution in [0.15, 0.2) is 66.7 Å². The molecule has 0 radical (unpaired) electrons. The largest absolute Gasteiger partial charge is 0.352 e. The zero-order valence-corrected chi connectivity index (χ0v) is 23.7. The number of carbonyl (C=O) groups is 2. The molecule has 1 atom stereocenters. The minimum Gasteiger partial charge on any atom is -0.352 e. The third kappa shape index (κ3) is 7.85. The van der Waals surface area contributed by atoms with Crippen molar-refractivity contribution in [3.05, 3.63) is 105 Å². The maximum atomic E-state index is 14.0. The molecule has 0 unspecified atom stereocenters. The first-order valence-corrected chi connectivity index (χ1v) is 14.2. The highest BCUT2D eigenvalue weighted by molar-refractivity contribution is 6.35. The number of aryl methyl sites for hydroxylation is 2. The van der Waals surface area contributed by atoms with Crippen molar-refractivity contribution < 1.29 is 9.59 Å². The molecule has 4 rings (SSSR count). The maximum Gasteiger partial charge on any atom is 0.243 e. The Morgan fingerprint density at radius 3 is 2.24 bits per heavy atom. The molecule has 0 spiro atoms. The smallest absolute Gasteiger partial charge is 0.243 e. The lowest BCUT2D eigenvalue weighted by molar-refractivity contribution is -0.141. The number of carbonyl (C=O) groups excluding carboxylic acids is 2. The first kappa shape index (κ1) is 28.2. The summed E-state index contributed by atoms with van der Waals surface area (Å²) in [4.78, 5) is 29.6. The lowest BCUT2D eigenvalue weighted by Crippen LogP contribution is -2.53. The van der Waals surface area contributed by atoms with Crippen LogP contribution in [0.3, 0.4) is 0 Å². The van der Waals surface area contributed by atoms with E-state index < -0.39 is 6.04 Å². The van der Waals surface area contributed by atoms with Gasteiger partial charge in [-0.2, -0.15) is 0 Å². The number of hydrogen-bond acceptors (Lipinski definition) is 2. The SMILES string of the molecule is Cc1cc(C)cc(CC(=O)N(Cc2ccc(Cl)cc2Cl)[C@H](Cc2ccccc2)C(=O)NC2CCCCC2)c1. The molecule has 0 bridgehead atoms. The van der Waals surface area contributed by atoms with Crippen LogP contribution < -0.4 is 5.32 Å². The monoisotopic (exact) mass is 550 g/mol. The Labute approximate surface area is 236 Å². The second-order valence-corrected chi connectivity index (χ2v) is 11.3. The normalized spacial score (nSPS) is 14.6. The van der Waals surface area contributed by atoms with Crippen LogP contribution in [0.4, 0.5) is 0 Å². The van der Waals surface area contributed by atoms with Crippen LogP contribution in [0, 0.1) is 13.8 Å². The zero-order chi connectivity index (χ0) is 27.1. The van der Waals surface area contributed by atoms with Crippen LogP contribution in [0.5, 0.6) is 0 Å². The van der Waals surface area contributed by atoms with Gasteiger partial charge >= 0.3 is 0 Å². The number of hydrogen-bond donors (Lipinski definition) is 1. The number of rotatable bonds is 9. The van der Waals surface area contributed by atoms with Gasteiger partial charge in [-0.1, -0.05) is 108 Å². The summed E-state index contributed by atoms with van der Waals surface area (Å²) in [7, 11) is 0. The molecule has 3 aromatic carbocycles. The van der Waals surface area contributed by atoms with Gasteiger partial charge in [-0.05, 0) is 55.5 Å². The zero-order valence-electron chi connectivity index (χ0n) is 22.2. The molecule has 1 saturated carbocycles. The third-order valence-electron chi connectivity index (χ3n) is 7.22. The fourth-order valence-electron chi connectivity index (χ4n) is 5.38. The summed E-state index contributed by atoms with van der Waals surface area (Å²) in [6, 6.07) is 20.8. The molecule has 3 aromatic rings. The quantitative estimate of drug-likeness (QED) is 0.305. The van der Waals surface area contributed by atoms with Gasteiger partial charge in [0.1, 0.15) is 6.04 Å². The van der Waals surface area contributed by atoms with Crippen molar-refractivity contribution in [2.45, 2.75) is 77.4 Å². The second kappa shape index (κ2) is 13.3. The molecule has 38 heavy (non-hydrogen) atoms. The minimum atomic E-state index is -0.676. The molecule has 1 fully saturated rings. The van der Waals surface area contributed by atoms with Crippen molar-refractivity contribution in [1.29, 1.82) is 0 Å². The Morgan fingerprint density at radius 1 is 0.895 bits per heavy atom. The Morgan fingerprint density at radius 2 is 1.58 bits per heavy atom. The van der Waals surface area contributed by atoms with Crippen molar-refractivity contribution in [2.24, 2.45) is 0 Å². The standard InChI is InChI=1S/C32H36Cl2N2O2/c1-22-15-23(2)17-25(16-22)19-31(37)36(21-26-13-14-27(33)20-29(26)34)30(18-24-9-5-3-6-10-24)32(38)35-28-11-7-4-8-12-28/h3,5-6,9-10,13-17,20,28,30H,4,7-8,11-12,18-19,21H2,1-2H3,(H,35,38)/t30-/m1/s1. The summed E-state index contributed by atoms with van der Waals surface area (Å²) >= 11 is 12.7. The van der Waals surface area contributed by atoms with Crippen molar-refractivity contribution >= 4 is 35.0 Å². The van der Waals surface area contributed by atoms with E-state index in [-0.39, 0.29) is 30.8 Å². The van der Waals surface area contributed by atoms with Gasteiger partial charge < -0.3 is 10.2 Å². The van der Waals surface area contributed by atoms with Gasteiger partial charge in [0, 0.05) is 29.1 Å². The highest BCUT2D eigenvalue weighted by Crippen LogP contribution is 2.25. The molecule has 1 aliphatic carbocycles. The van der Waals surface area contributed by atoms with Crippen LogP contribution >= 0.6 is 23.2 Å². The Balaban J connectivity index is 1.69. The highest BCUT2D eigenvalue weighted by Gasteiger charge is 2.32. The van der Waals surface area contributed by atoms with Gasteiger partial charge in [-0.15, -0.1) is 0 Å². The molecule has 0 saturated heterocycles. The summed E-state index contributed by atoms with van der Waals surface area (Å²) < 4.78 is 0. The van der Waals surface area contributed by atoms with E-state index in [2.05, 4.69) is 11.4 Å². The molecule has 0 heterocycles. The van der Waals surface area contributed by atoms with E-state index in [4.69, 9.17) is 23.2 Å². The number of halogens is 2. The van der Waals surface area contributed by atoms with Gasteiger partial charge in [-0.3, -0.25) is 9.59 Å². The third-order valence-corrected chi connectivity index (χ3v) is 7.80. The summed E-state index contributed by atoms with van der Waals surface area (Å²) in [6.45, 7) is 4.28. The first-order valence-electron chi connectivity index (χ1n) is 13.4. The number of amides is 2. The molecule has 1 aliphatic rings. The van der Waals surface area contributed by atoms with Crippen molar-refractivity contribution in [2.75, 3.05) is 0 Å². The second-order valence-electron chi connectivity index (χ2n) is 10.5. The van der Waals surface area contributed by atoms with Crippen LogP contribution in [0.1, 0.15) is 59.9 Å². The van der Waals surface area contributed by atoms with Crippen LogP contribution in [-0.4, -0.2) is 28.8 Å². The minimum absolute atomic E-state index is 0.110. The van der Waals surface area contributed by atoms with E-state index in [9.17, 15) is 9.59 Å². The molecule has 200 valence electrons. The lowest BCUT2D eigenvalue weighted by Gasteiger charge is -2.34. The predicted molar refractivity (Wildman–Crippen MR) is 156 cm³/mol.